The molecular weight excluding hydrogens is 232 g/mol. The first-order valence-corrected chi connectivity index (χ1v) is 6.82. The number of hydrogen-bond donors (Lipinski definition) is 2. The fourth-order valence-corrected chi connectivity index (χ4v) is 2.97. The summed E-state index contributed by atoms with van der Waals surface area (Å²) >= 11 is 0. The second-order valence-corrected chi connectivity index (χ2v) is 5.58. The molecule has 2 fully saturated rings. The lowest BCUT2D eigenvalue weighted by molar-refractivity contribution is -0.142. The maximum atomic E-state index is 12.0. The lowest BCUT2D eigenvalue weighted by Gasteiger charge is -2.18. The number of likely N-dealkylation sites (tertiary alicyclic amines) is 1. The van der Waals surface area contributed by atoms with Gasteiger partial charge in [0, 0.05) is 19.1 Å². The van der Waals surface area contributed by atoms with Crippen LogP contribution in [0.5, 0.6) is 0 Å². The minimum atomic E-state index is -0.790. The molecule has 0 aromatic heterocycles. The Morgan fingerprint density at radius 3 is 2.50 bits per heavy atom. The van der Waals surface area contributed by atoms with Gasteiger partial charge in [-0.25, -0.2) is 0 Å². The van der Waals surface area contributed by atoms with Crippen LogP contribution in [0.3, 0.4) is 0 Å². The molecule has 0 radical (unpaired) electrons. The normalized spacial score (nSPS) is 28.8. The lowest BCUT2D eigenvalue weighted by Crippen LogP contribution is -2.40. The second-order valence-electron chi connectivity index (χ2n) is 5.58. The third-order valence-electron chi connectivity index (χ3n) is 4.18. The van der Waals surface area contributed by atoms with Gasteiger partial charge < -0.3 is 15.3 Å². The molecule has 2 rings (SSSR count). The van der Waals surface area contributed by atoms with Crippen LogP contribution in [-0.4, -0.2) is 47.6 Å². The molecule has 1 aliphatic heterocycles. The Morgan fingerprint density at radius 1 is 1.28 bits per heavy atom. The van der Waals surface area contributed by atoms with E-state index in [0.29, 0.717) is 25.7 Å². The summed E-state index contributed by atoms with van der Waals surface area (Å²) in [5.74, 6) is -1.10. The Balaban J connectivity index is 1.77. The molecule has 18 heavy (non-hydrogen) atoms. The number of aliphatic carboxylic acids is 1. The predicted molar refractivity (Wildman–Crippen MR) is 67.1 cm³/mol. The summed E-state index contributed by atoms with van der Waals surface area (Å²) in [7, 11) is 0. The molecule has 0 spiro atoms. The molecule has 5 nitrogen and oxygen atoms in total. The minimum absolute atomic E-state index is 0.0394. The lowest BCUT2D eigenvalue weighted by atomic mass is 9.99. The van der Waals surface area contributed by atoms with E-state index < -0.39 is 11.9 Å². The first-order valence-electron chi connectivity index (χ1n) is 6.82. The van der Waals surface area contributed by atoms with E-state index in [4.69, 9.17) is 5.11 Å². The van der Waals surface area contributed by atoms with Gasteiger partial charge in [-0.15, -0.1) is 0 Å². The van der Waals surface area contributed by atoms with Crippen LogP contribution in [-0.2, 0) is 9.59 Å². The van der Waals surface area contributed by atoms with Crippen LogP contribution in [0.2, 0.25) is 0 Å². The number of nitrogens with zero attached hydrogens (tertiary/aromatic N) is 1. The van der Waals surface area contributed by atoms with E-state index in [1.54, 1.807) is 4.90 Å². The number of hydrogen-bond acceptors (Lipinski definition) is 3. The van der Waals surface area contributed by atoms with Crippen molar-refractivity contribution in [2.75, 3.05) is 19.6 Å². The van der Waals surface area contributed by atoms with Crippen molar-refractivity contribution in [3.8, 4) is 0 Å². The summed E-state index contributed by atoms with van der Waals surface area (Å²) in [5, 5.41) is 12.3. The Kier molecular flexibility index (Phi) is 4.22. The first-order chi connectivity index (χ1) is 8.58. The smallest absolute Gasteiger partial charge is 0.308 e. The zero-order valence-corrected chi connectivity index (χ0v) is 10.9. The molecule has 1 aliphatic carbocycles. The number of carboxylic acid groups (broad SMARTS) is 1. The molecule has 102 valence electrons. The van der Waals surface area contributed by atoms with Crippen LogP contribution in [0.4, 0.5) is 0 Å². The minimum Gasteiger partial charge on any atom is -0.481 e. The van der Waals surface area contributed by atoms with Gasteiger partial charge in [0.2, 0.25) is 5.91 Å². The van der Waals surface area contributed by atoms with E-state index in [2.05, 4.69) is 5.32 Å². The van der Waals surface area contributed by atoms with Crippen molar-refractivity contribution in [1.82, 2.24) is 10.2 Å². The molecule has 2 atom stereocenters. The monoisotopic (exact) mass is 254 g/mol. The highest BCUT2D eigenvalue weighted by atomic mass is 16.4. The number of carbonyl (C=O) groups excluding carboxylic acids is 1. The average Bonchev–Trinajstić information content (AvgIpc) is 2.94. The molecule has 0 aromatic rings. The van der Waals surface area contributed by atoms with Crippen LogP contribution in [0, 0.1) is 11.8 Å². The van der Waals surface area contributed by atoms with Gasteiger partial charge in [0.05, 0.1) is 12.5 Å². The van der Waals surface area contributed by atoms with Crippen LogP contribution < -0.4 is 5.32 Å². The fourth-order valence-electron chi connectivity index (χ4n) is 2.97. The van der Waals surface area contributed by atoms with Crippen LogP contribution in [0.15, 0.2) is 0 Å². The fraction of sp³-hybridized carbons (Fsp3) is 0.846. The number of carbonyl (C=O) groups is 2. The summed E-state index contributed by atoms with van der Waals surface area (Å²) in [6.07, 6.45) is 4.80. The van der Waals surface area contributed by atoms with E-state index in [9.17, 15) is 9.59 Å². The average molecular weight is 254 g/mol. The van der Waals surface area contributed by atoms with E-state index in [-0.39, 0.29) is 11.8 Å². The maximum absolute atomic E-state index is 12.0. The Bertz CT molecular complexity index is 326. The summed E-state index contributed by atoms with van der Waals surface area (Å²) in [6, 6.07) is 0.476. The summed E-state index contributed by atoms with van der Waals surface area (Å²) < 4.78 is 0. The van der Waals surface area contributed by atoms with Crippen LogP contribution in [0.25, 0.3) is 0 Å². The standard InChI is InChI=1S/C13H22N2O3/c1-9-7-15(8-11(9)13(17)18)12(16)6-14-10-4-2-3-5-10/h9-11,14H,2-8H2,1H3,(H,17,18). The Hall–Kier alpha value is -1.10. The van der Waals surface area contributed by atoms with Crippen molar-refractivity contribution in [3.63, 3.8) is 0 Å². The first kappa shape index (κ1) is 13.3. The molecule has 1 amide bonds. The molecule has 0 bridgehead atoms. The van der Waals surface area contributed by atoms with E-state index in [1.807, 2.05) is 6.92 Å². The van der Waals surface area contributed by atoms with Crippen molar-refractivity contribution in [2.45, 2.75) is 38.6 Å². The molecule has 2 aliphatic rings. The zero-order valence-electron chi connectivity index (χ0n) is 10.9. The van der Waals surface area contributed by atoms with E-state index in [0.717, 1.165) is 12.8 Å². The molecule has 2 N–H and O–H groups in total. The highest BCUT2D eigenvalue weighted by Crippen LogP contribution is 2.23. The molecule has 5 heteroatoms. The number of rotatable bonds is 4. The van der Waals surface area contributed by atoms with Crippen molar-refractivity contribution in [2.24, 2.45) is 11.8 Å². The van der Waals surface area contributed by atoms with Gasteiger partial charge in [-0.2, -0.15) is 0 Å². The highest BCUT2D eigenvalue weighted by molar-refractivity contribution is 5.80. The van der Waals surface area contributed by atoms with E-state index >= 15 is 0 Å². The van der Waals surface area contributed by atoms with Crippen molar-refractivity contribution in [1.29, 1.82) is 0 Å². The highest BCUT2D eigenvalue weighted by Gasteiger charge is 2.36. The second kappa shape index (κ2) is 5.69. The van der Waals surface area contributed by atoms with E-state index in [1.165, 1.54) is 12.8 Å². The third kappa shape index (κ3) is 3.02. The molecule has 1 heterocycles. The summed E-state index contributed by atoms with van der Waals surface area (Å²) in [5.41, 5.74) is 0. The quantitative estimate of drug-likeness (QED) is 0.774. The van der Waals surface area contributed by atoms with Crippen LogP contribution >= 0.6 is 0 Å². The molecule has 2 unspecified atom stereocenters. The SMILES string of the molecule is CC1CN(C(=O)CNC2CCCC2)CC1C(=O)O. The Morgan fingerprint density at radius 2 is 1.94 bits per heavy atom. The van der Waals surface area contributed by atoms with Gasteiger partial charge in [0.15, 0.2) is 0 Å². The van der Waals surface area contributed by atoms with Gasteiger partial charge >= 0.3 is 5.97 Å². The van der Waals surface area contributed by atoms with Crippen molar-refractivity contribution < 1.29 is 14.7 Å². The van der Waals surface area contributed by atoms with Crippen molar-refractivity contribution >= 4 is 11.9 Å². The topological polar surface area (TPSA) is 69.6 Å². The van der Waals surface area contributed by atoms with Gasteiger partial charge in [0.25, 0.3) is 0 Å². The maximum Gasteiger partial charge on any atom is 0.308 e. The molecule has 1 saturated carbocycles. The van der Waals surface area contributed by atoms with Gasteiger partial charge in [-0.3, -0.25) is 9.59 Å². The zero-order chi connectivity index (χ0) is 13.1. The molecular formula is C13H22N2O3. The van der Waals surface area contributed by atoms with Gasteiger partial charge in [-0.05, 0) is 18.8 Å². The molecule has 0 aromatic carbocycles. The van der Waals surface area contributed by atoms with Gasteiger partial charge in [0.1, 0.15) is 0 Å². The third-order valence-corrected chi connectivity index (χ3v) is 4.18. The number of carboxylic acids is 1. The predicted octanol–water partition coefficient (Wildman–Crippen LogP) is 0.698. The largest absolute Gasteiger partial charge is 0.481 e. The summed E-state index contributed by atoms with van der Waals surface area (Å²) in [4.78, 5) is 24.7. The summed E-state index contributed by atoms with van der Waals surface area (Å²) in [6.45, 7) is 3.18. The van der Waals surface area contributed by atoms with Crippen LogP contribution in [0.1, 0.15) is 32.6 Å². The Labute approximate surface area is 108 Å². The molecule has 1 saturated heterocycles. The number of amides is 1. The number of nitrogens with one attached hydrogen (secondary N) is 1. The van der Waals surface area contributed by atoms with Crippen molar-refractivity contribution in [3.05, 3.63) is 0 Å². The van der Waals surface area contributed by atoms with Gasteiger partial charge in [-0.1, -0.05) is 19.8 Å².